The molecular formula is C54H90Br2N8O4Si4. The van der Waals surface area contributed by atoms with Crippen molar-refractivity contribution in [2.24, 2.45) is 0 Å². The average molecular weight is 1190 g/mol. The molecule has 2 aromatic carbocycles. The van der Waals surface area contributed by atoms with E-state index in [-0.39, 0.29) is 0 Å². The molecule has 72 heavy (non-hydrogen) atoms. The molecule has 6 aromatic rings. The van der Waals surface area contributed by atoms with Gasteiger partial charge in [0.25, 0.3) is 0 Å². The summed E-state index contributed by atoms with van der Waals surface area (Å²) < 4.78 is 33.0. The molecular weight excluding hydrogens is 1100 g/mol. The van der Waals surface area contributed by atoms with E-state index in [1.54, 1.807) is 12.7 Å². The van der Waals surface area contributed by atoms with Crippen molar-refractivity contribution < 1.29 is 18.9 Å². The molecule has 0 radical (unpaired) electrons. The van der Waals surface area contributed by atoms with Crippen LogP contribution in [0.3, 0.4) is 0 Å². The van der Waals surface area contributed by atoms with E-state index < -0.39 is 32.3 Å². The van der Waals surface area contributed by atoms with Crippen LogP contribution in [0.25, 0.3) is 22.5 Å². The van der Waals surface area contributed by atoms with E-state index in [1.165, 1.54) is 46.4 Å². The summed E-state index contributed by atoms with van der Waals surface area (Å²) >= 11 is 6.85. The largest absolute Gasteiger partial charge is 0.361 e. The first-order valence-corrected chi connectivity index (χ1v) is 41.8. The lowest BCUT2D eigenvalue weighted by molar-refractivity contribution is 0.0856. The van der Waals surface area contributed by atoms with Crippen LogP contribution in [0, 0.1) is 41.5 Å². The van der Waals surface area contributed by atoms with Gasteiger partial charge in [0.1, 0.15) is 36.1 Å². The molecule has 0 unspecified atom stereocenters. The topological polar surface area (TPSA) is 108 Å². The van der Waals surface area contributed by atoms with Gasteiger partial charge in [0, 0.05) is 75.5 Å². The van der Waals surface area contributed by atoms with Crippen molar-refractivity contribution in [3.8, 4) is 22.5 Å². The summed E-state index contributed by atoms with van der Waals surface area (Å²) in [6.45, 7) is 46.4. The summed E-state index contributed by atoms with van der Waals surface area (Å²) in [7, 11) is -3.96. The van der Waals surface area contributed by atoms with E-state index in [0.717, 1.165) is 69.8 Å². The molecule has 0 aliphatic rings. The molecule has 6 rings (SSSR count). The summed E-state index contributed by atoms with van der Waals surface area (Å²) in [5.74, 6) is 0. The fraction of sp³-hybridized carbons (Fsp3) is 0.556. The fourth-order valence-corrected chi connectivity index (χ4v) is 10.2. The number of hydrogen-bond acceptors (Lipinski definition) is 8. The van der Waals surface area contributed by atoms with Gasteiger partial charge in [0.05, 0.1) is 53.8 Å². The van der Waals surface area contributed by atoms with Gasteiger partial charge in [-0.25, -0.2) is 19.9 Å². The molecule has 0 bridgehead atoms. The van der Waals surface area contributed by atoms with E-state index in [4.69, 9.17) is 18.9 Å². The van der Waals surface area contributed by atoms with Gasteiger partial charge in [0.2, 0.25) is 0 Å². The Hall–Kier alpha value is -3.05. The van der Waals surface area contributed by atoms with Crippen LogP contribution >= 0.6 is 31.9 Å². The highest BCUT2D eigenvalue weighted by molar-refractivity contribution is 9.10. The number of benzene rings is 2. The second-order valence-electron chi connectivity index (χ2n) is 23.6. The Balaban J connectivity index is 0.000000257. The number of halogens is 2. The zero-order chi connectivity index (χ0) is 53.9. The van der Waals surface area contributed by atoms with Gasteiger partial charge in [-0.15, -0.1) is 0 Å². The van der Waals surface area contributed by atoms with Crippen molar-refractivity contribution in [3.63, 3.8) is 0 Å². The van der Waals surface area contributed by atoms with Gasteiger partial charge in [0.15, 0.2) is 0 Å². The molecule has 0 saturated carbocycles. The van der Waals surface area contributed by atoms with Gasteiger partial charge < -0.3 is 37.2 Å². The molecule has 400 valence electrons. The molecule has 0 atom stereocenters. The summed E-state index contributed by atoms with van der Waals surface area (Å²) in [6, 6.07) is 21.9. The highest BCUT2D eigenvalue weighted by Crippen LogP contribution is 2.25. The van der Waals surface area contributed by atoms with Crippen LogP contribution in [0.15, 0.2) is 83.0 Å². The Labute approximate surface area is 455 Å². The Morgan fingerprint density at radius 1 is 0.403 bits per heavy atom. The molecule has 18 heteroatoms. The van der Waals surface area contributed by atoms with Crippen LogP contribution in [-0.2, 0) is 45.9 Å². The standard InChI is InChI=1S/2C17H26N2OSi.2C10H19BrN2OSi/c1-14-6-8-16(9-7-14)17-15(2)19(12-18-17)13-20-10-11-21(3,4)5;1-14-6-8-16(9-7-14)17-15(2)18-12-19(17)13-20-10-11-21(3,4)5;1-9-10(11)12-7-13(9)8-14-5-6-15(2,3)4;1-9-10(11)13(7-12-9)8-14-5-6-15(2,3)4/h2*6-9,12H,10-11,13H2,1-5H3;2*7H,5-6,8H2,1-4H3. The van der Waals surface area contributed by atoms with E-state index in [0.29, 0.717) is 26.9 Å². The van der Waals surface area contributed by atoms with Crippen LogP contribution in [0.4, 0.5) is 0 Å². The van der Waals surface area contributed by atoms with Crippen molar-refractivity contribution in [2.45, 2.75) is 171 Å². The van der Waals surface area contributed by atoms with Gasteiger partial charge in [-0.05, 0) is 97.6 Å². The smallest absolute Gasteiger partial charge is 0.127 e. The van der Waals surface area contributed by atoms with Crippen molar-refractivity contribution >= 4 is 64.2 Å². The lowest BCUT2D eigenvalue weighted by Gasteiger charge is -2.16. The second kappa shape index (κ2) is 29.9. The first-order valence-electron chi connectivity index (χ1n) is 25.4. The summed E-state index contributed by atoms with van der Waals surface area (Å²) in [5.41, 5.74) is 11.4. The third kappa shape index (κ3) is 24.5. The van der Waals surface area contributed by atoms with Crippen LogP contribution < -0.4 is 0 Å². The average Bonchev–Trinajstić information content (AvgIpc) is 4.03. The molecule has 0 aliphatic carbocycles. The number of ether oxygens (including phenoxy) is 4. The predicted molar refractivity (Wildman–Crippen MR) is 320 cm³/mol. The van der Waals surface area contributed by atoms with E-state index in [9.17, 15) is 0 Å². The molecule has 0 amide bonds. The Kier molecular flexibility index (Phi) is 26.2. The van der Waals surface area contributed by atoms with Gasteiger partial charge in [-0.3, -0.25) is 0 Å². The van der Waals surface area contributed by atoms with Crippen LogP contribution in [0.5, 0.6) is 0 Å². The maximum absolute atomic E-state index is 5.85. The molecule has 12 nitrogen and oxygen atoms in total. The Morgan fingerprint density at radius 3 is 1.14 bits per heavy atom. The van der Waals surface area contributed by atoms with Gasteiger partial charge in [-0.2, -0.15) is 0 Å². The Bertz CT molecular complexity index is 2410. The van der Waals surface area contributed by atoms with E-state index >= 15 is 0 Å². The van der Waals surface area contributed by atoms with Crippen molar-refractivity contribution in [2.75, 3.05) is 26.4 Å². The zero-order valence-electron chi connectivity index (χ0n) is 47.4. The number of hydrogen-bond donors (Lipinski definition) is 0. The lowest BCUT2D eigenvalue weighted by atomic mass is 10.1. The van der Waals surface area contributed by atoms with Gasteiger partial charge in [-0.1, -0.05) is 138 Å². The molecule has 0 aliphatic heterocycles. The monoisotopic (exact) mass is 1180 g/mol. The zero-order valence-corrected chi connectivity index (χ0v) is 54.6. The Morgan fingerprint density at radius 2 is 0.750 bits per heavy atom. The summed E-state index contributed by atoms with van der Waals surface area (Å²) in [5, 5.41) is 0. The normalized spacial score (nSPS) is 11.9. The minimum absolute atomic E-state index is 0.578. The van der Waals surface area contributed by atoms with Crippen molar-refractivity contribution in [3.05, 3.63) is 117 Å². The SMILES string of the molecule is Cc1c(Br)ncn1COCC[Si](C)(C)C.Cc1ccc(-c2c(C)ncn2COCC[Si](C)(C)C)cc1.Cc1ccc(-c2ncn(COCC[Si](C)(C)C)c2C)cc1.Cc1ncn(COCC[Si](C)(C)C)c1Br. The number of imidazole rings is 4. The summed E-state index contributed by atoms with van der Waals surface area (Å²) in [4.78, 5) is 17.3. The van der Waals surface area contributed by atoms with Crippen LogP contribution in [0.2, 0.25) is 103 Å². The van der Waals surface area contributed by atoms with E-state index in [2.05, 4.69) is 209 Å². The minimum atomic E-state index is -1.02. The minimum Gasteiger partial charge on any atom is -0.361 e. The van der Waals surface area contributed by atoms with E-state index in [1.807, 2.05) is 42.6 Å². The number of nitrogens with zero attached hydrogens (tertiary/aromatic N) is 8. The fourth-order valence-electron chi connectivity index (χ4n) is 6.51. The molecule has 4 heterocycles. The second-order valence-corrected chi connectivity index (χ2v) is 47.6. The lowest BCUT2D eigenvalue weighted by Crippen LogP contribution is -2.22. The number of aromatic nitrogens is 8. The van der Waals surface area contributed by atoms with Crippen molar-refractivity contribution in [1.29, 1.82) is 0 Å². The molecule has 0 saturated heterocycles. The quantitative estimate of drug-likeness (QED) is 0.0489. The first kappa shape index (κ1) is 63.2. The highest BCUT2D eigenvalue weighted by Gasteiger charge is 2.16. The van der Waals surface area contributed by atoms with Crippen molar-refractivity contribution in [1.82, 2.24) is 38.2 Å². The maximum atomic E-state index is 5.85. The van der Waals surface area contributed by atoms with Gasteiger partial charge >= 0.3 is 0 Å². The maximum Gasteiger partial charge on any atom is 0.127 e. The molecule has 0 spiro atoms. The molecule has 0 N–H and O–H groups in total. The third-order valence-electron chi connectivity index (χ3n) is 11.7. The highest BCUT2D eigenvalue weighted by atomic mass is 79.9. The number of rotatable bonds is 22. The first-order chi connectivity index (χ1) is 33.5. The summed E-state index contributed by atoms with van der Waals surface area (Å²) in [6.07, 6.45) is 7.35. The van der Waals surface area contributed by atoms with Crippen LogP contribution in [0.1, 0.15) is 33.9 Å². The number of aryl methyl sites for hydroxylation is 4. The third-order valence-corrected chi connectivity index (χ3v) is 20.3. The molecule has 0 fully saturated rings. The molecule has 4 aromatic heterocycles. The van der Waals surface area contributed by atoms with Crippen LogP contribution in [-0.4, -0.2) is 96.9 Å². The predicted octanol–water partition coefficient (Wildman–Crippen LogP) is 15.5.